The van der Waals surface area contributed by atoms with E-state index in [1.54, 1.807) is 30.8 Å². The number of anilines is 1. The van der Waals surface area contributed by atoms with Gasteiger partial charge >= 0.3 is 0 Å². The maximum absolute atomic E-state index is 13.0. The Kier molecular flexibility index (Phi) is 4.71. The molecule has 2 aromatic heterocycles. The molecule has 150 valence electrons. The number of methoxy groups -OCH3 is 1. The van der Waals surface area contributed by atoms with Gasteiger partial charge in [-0.15, -0.1) is 0 Å². The first kappa shape index (κ1) is 18.9. The maximum Gasteiger partial charge on any atom is 0.264 e. The van der Waals surface area contributed by atoms with E-state index in [4.69, 9.17) is 4.74 Å². The predicted molar refractivity (Wildman–Crippen MR) is 106 cm³/mol. The van der Waals surface area contributed by atoms with Crippen molar-refractivity contribution >= 4 is 26.7 Å². The molecule has 0 saturated heterocycles. The second-order valence-corrected chi connectivity index (χ2v) is 8.20. The first-order valence-corrected chi connectivity index (χ1v) is 10.3. The lowest BCUT2D eigenvalue weighted by atomic mass is 10.2. The van der Waals surface area contributed by atoms with E-state index in [-0.39, 0.29) is 10.4 Å². The number of aryl methyl sites for hydroxylation is 1. The molecule has 0 fully saturated rings. The molecule has 0 aliphatic heterocycles. The third kappa shape index (κ3) is 3.54. The van der Waals surface area contributed by atoms with Crippen molar-refractivity contribution in [2.75, 3.05) is 11.8 Å². The SMILES string of the molecule is COc1cccc(Cn2nc(C)c(NS(=O)(=O)c3cccc4nonc34)c2C)c1. The summed E-state index contributed by atoms with van der Waals surface area (Å²) in [7, 11) is -2.30. The third-order valence-corrected chi connectivity index (χ3v) is 6.00. The molecule has 0 aliphatic carbocycles. The normalized spacial score (nSPS) is 11.7. The minimum atomic E-state index is -3.91. The summed E-state index contributed by atoms with van der Waals surface area (Å²) in [6, 6.07) is 12.3. The van der Waals surface area contributed by atoms with Crippen molar-refractivity contribution in [3.05, 3.63) is 59.4 Å². The molecule has 0 bridgehead atoms. The first-order valence-electron chi connectivity index (χ1n) is 8.80. The highest BCUT2D eigenvalue weighted by atomic mass is 32.2. The second kappa shape index (κ2) is 7.21. The molecule has 0 radical (unpaired) electrons. The molecule has 0 saturated carbocycles. The van der Waals surface area contributed by atoms with Crippen LogP contribution in [0.25, 0.3) is 11.0 Å². The Labute approximate surface area is 167 Å². The molecule has 2 heterocycles. The van der Waals surface area contributed by atoms with Crippen LogP contribution in [-0.2, 0) is 16.6 Å². The molecule has 0 atom stereocenters. The lowest BCUT2D eigenvalue weighted by molar-refractivity contribution is 0.315. The minimum Gasteiger partial charge on any atom is -0.497 e. The Morgan fingerprint density at radius 3 is 2.72 bits per heavy atom. The standard InChI is InChI=1S/C19H19N5O4S/c1-12-18(13(2)24(20-12)11-14-6-4-7-15(10-14)27-3)23-29(25,26)17-9-5-8-16-19(17)22-28-21-16/h4-10,23H,11H2,1-3H3. The fourth-order valence-electron chi connectivity index (χ4n) is 3.13. The number of hydrogen-bond acceptors (Lipinski definition) is 7. The van der Waals surface area contributed by atoms with Crippen molar-refractivity contribution in [2.45, 2.75) is 25.3 Å². The van der Waals surface area contributed by atoms with Gasteiger partial charge in [-0.1, -0.05) is 18.2 Å². The average Bonchev–Trinajstić information content (AvgIpc) is 3.28. The van der Waals surface area contributed by atoms with Crippen molar-refractivity contribution in [1.29, 1.82) is 0 Å². The topological polar surface area (TPSA) is 112 Å². The molecular formula is C19H19N5O4S. The summed E-state index contributed by atoms with van der Waals surface area (Å²) in [5, 5.41) is 11.9. The van der Waals surface area contributed by atoms with Gasteiger partial charge in [-0.2, -0.15) is 5.10 Å². The third-order valence-electron chi connectivity index (χ3n) is 4.62. The van der Waals surface area contributed by atoms with Crippen LogP contribution in [0.2, 0.25) is 0 Å². The van der Waals surface area contributed by atoms with Crippen LogP contribution in [0, 0.1) is 13.8 Å². The van der Waals surface area contributed by atoms with Crippen LogP contribution < -0.4 is 9.46 Å². The summed E-state index contributed by atoms with van der Waals surface area (Å²) < 4.78 is 40.3. The Bertz CT molecular complexity index is 1290. The average molecular weight is 413 g/mol. The summed E-state index contributed by atoms with van der Waals surface area (Å²) in [6.45, 7) is 4.05. The lowest BCUT2D eigenvalue weighted by Crippen LogP contribution is -2.15. The number of fused-ring (bicyclic) bond motifs is 1. The molecule has 29 heavy (non-hydrogen) atoms. The summed E-state index contributed by atoms with van der Waals surface area (Å²) in [5.41, 5.74) is 3.23. The smallest absolute Gasteiger partial charge is 0.264 e. The number of nitrogens with one attached hydrogen (secondary N) is 1. The van der Waals surface area contributed by atoms with Gasteiger partial charge in [-0.25, -0.2) is 13.0 Å². The number of benzene rings is 2. The fraction of sp³-hybridized carbons (Fsp3) is 0.211. The molecule has 4 rings (SSSR count). The van der Waals surface area contributed by atoms with E-state index in [0.29, 0.717) is 29.1 Å². The van der Waals surface area contributed by atoms with E-state index >= 15 is 0 Å². The largest absolute Gasteiger partial charge is 0.497 e. The monoisotopic (exact) mass is 413 g/mol. The molecule has 2 aromatic carbocycles. The van der Waals surface area contributed by atoms with Crippen LogP contribution in [0.3, 0.4) is 0 Å². The maximum atomic E-state index is 13.0. The van der Waals surface area contributed by atoms with Crippen molar-refractivity contribution in [3.8, 4) is 5.75 Å². The van der Waals surface area contributed by atoms with Gasteiger partial charge in [0, 0.05) is 0 Å². The van der Waals surface area contributed by atoms with Gasteiger partial charge in [0.1, 0.15) is 16.2 Å². The zero-order valence-electron chi connectivity index (χ0n) is 16.1. The van der Waals surface area contributed by atoms with Crippen LogP contribution >= 0.6 is 0 Å². The van der Waals surface area contributed by atoms with Gasteiger partial charge in [0.2, 0.25) is 0 Å². The number of rotatable bonds is 6. The van der Waals surface area contributed by atoms with E-state index in [0.717, 1.165) is 11.3 Å². The summed E-state index contributed by atoms with van der Waals surface area (Å²) in [4.78, 5) is -0.00408. The quantitative estimate of drug-likeness (QED) is 0.517. The number of ether oxygens (including phenoxy) is 1. The van der Waals surface area contributed by atoms with E-state index < -0.39 is 10.0 Å². The number of aromatic nitrogens is 4. The highest BCUT2D eigenvalue weighted by Gasteiger charge is 2.24. The van der Waals surface area contributed by atoms with Crippen molar-refractivity contribution in [3.63, 3.8) is 0 Å². The number of sulfonamides is 1. The Morgan fingerprint density at radius 1 is 1.14 bits per heavy atom. The summed E-state index contributed by atoms with van der Waals surface area (Å²) in [6.07, 6.45) is 0. The Balaban J connectivity index is 1.66. The molecule has 4 aromatic rings. The molecular weight excluding hydrogens is 394 g/mol. The lowest BCUT2D eigenvalue weighted by Gasteiger charge is -2.10. The van der Waals surface area contributed by atoms with E-state index in [9.17, 15) is 8.42 Å². The second-order valence-electron chi connectivity index (χ2n) is 6.55. The molecule has 0 amide bonds. The van der Waals surface area contributed by atoms with E-state index in [1.165, 1.54) is 6.07 Å². The first-order chi connectivity index (χ1) is 13.9. The van der Waals surface area contributed by atoms with Crippen LogP contribution in [0.15, 0.2) is 52.0 Å². The molecule has 0 spiro atoms. The number of hydrogen-bond donors (Lipinski definition) is 1. The minimum absolute atomic E-state index is 0.00408. The van der Waals surface area contributed by atoms with E-state index in [2.05, 4.69) is 24.8 Å². The highest BCUT2D eigenvalue weighted by Crippen LogP contribution is 2.27. The van der Waals surface area contributed by atoms with Gasteiger partial charge in [-0.3, -0.25) is 9.40 Å². The number of nitrogens with zero attached hydrogens (tertiary/aromatic N) is 4. The zero-order valence-corrected chi connectivity index (χ0v) is 16.9. The van der Waals surface area contributed by atoms with Crippen LogP contribution in [0.5, 0.6) is 5.75 Å². The molecule has 10 heteroatoms. The highest BCUT2D eigenvalue weighted by molar-refractivity contribution is 7.93. The van der Waals surface area contributed by atoms with Crippen molar-refractivity contribution in [2.24, 2.45) is 0 Å². The van der Waals surface area contributed by atoms with Crippen molar-refractivity contribution < 1.29 is 17.8 Å². The molecule has 0 aliphatic rings. The van der Waals surface area contributed by atoms with Crippen molar-refractivity contribution in [1.82, 2.24) is 20.1 Å². The Hall–Kier alpha value is -3.40. The fourth-order valence-corrected chi connectivity index (χ4v) is 4.46. The molecule has 1 N–H and O–H groups in total. The van der Waals surface area contributed by atoms with Gasteiger partial charge in [0.25, 0.3) is 10.0 Å². The Morgan fingerprint density at radius 2 is 1.93 bits per heavy atom. The summed E-state index contributed by atoms with van der Waals surface area (Å²) in [5.74, 6) is 0.749. The van der Waals surface area contributed by atoms with Gasteiger partial charge in [0.05, 0.1) is 30.7 Å². The molecule has 9 nitrogen and oxygen atoms in total. The van der Waals surface area contributed by atoms with Gasteiger partial charge in [0.15, 0.2) is 5.52 Å². The van der Waals surface area contributed by atoms with Gasteiger partial charge in [-0.05, 0) is 54.0 Å². The predicted octanol–water partition coefficient (Wildman–Crippen LogP) is 2.89. The van der Waals surface area contributed by atoms with Crippen LogP contribution in [0.4, 0.5) is 5.69 Å². The molecule has 0 unspecified atom stereocenters. The summed E-state index contributed by atoms with van der Waals surface area (Å²) >= 11 is 0. The van der Waals surface area contributed by atoms with Crippen LogP contribution in [-0.4, -0.2) is 35.6 Å². The zero-order chi connectivity index (χ0) is 20.6. The van der Waals surface area contributed by atoms with Gasteiger partial charge < -0.3 is 4.74 Å². The van der Waals surface area contributed by atoms with Crippen LogP contribution in [0.1, 0.15) is 17.0 Å². The van der Waals surface area contributed by atoms with E-state index in [1.807, 2.05) is 31.2 Å².